The molecular formula is C13H15FO4. The molecule has 1 N–H and O–H groups in total. The van der Waals surface area contributed by atoms with E-state index in [1.165, 1.54) is 12.1 Å². The normalized spacial score (nSPS) is 23.0. The van der Waals surface area contributed by atoms with Crippen molar-refractivity contribution in [1.29, 1.82) is 0 Å². The molecule has 0 bridgehead atoms. The molecule has 1 aliphatic rings. The Morgan fingerprint density at radius 1 is 1.56 bits per heavy atom. The van der Waals surface area contributed by atoms with Crippen LogP contribution in [0, 0.1) is 5.82 Å². The predicted octanol–water partition coefficient (Wildman–Crippen LogP) is 2.47. The van der Waals surface area contributed by atoms with Crippen LogP contribution in [0.1, 0.15) is 30.1 Å². The van der Waals surface area contributed by atoms with E-state index in [0.717, 1.165) is 18.9 Å². The number of carboxylic acids is 1. The Morgan fingerprint density at radius 2 is 2.33 bits per heavy atom. The fourth-order valence-corrected chi connectivity index (χ4v) is 2.02. The van der Waals surface area contributed by atoms with Gasteiger partial charge >= 0.3 is 5.97 Å². The third-order valence-electron chi connectivity index (χ3n) is 2.93. The minimum absolute atomic E-state index is 0.0469. The van der Waals surface area contributed by atoms with Gasteiger partial charge in [0.1, 0.15) is 23.7 Å². The number of carbonyl (C=O) groups is 1. The van der Waals surface area contributed by atoms with Gasteiger partial charge in [0.2, 0.25) is 0 Å². The topological polar surface area (TPSA) is 55.8 Å². The molecule has 0 aliphatic carbocycles. The van der Waals surface area contributed by atoms with Crippen LogP contribution in [0.15, 0.2) is 18.2 Å². The van der Waals surface area contributed by atoms with Gasteiger partial charge in [0.05, 0.1) is 12.2 Å². The molecule has 5 heteroatoms. The quantitative estimate of drug-likeness (QED) is 0.896. The van der Waals surface area contributed by atoms with Gasteiger partial charge in [0.25, 0.3) is 0 Å². The first-order valence-electron chi connectivity index (χ1n) is 5.88. The van der Waals surface area contributed by atoms with Crippen molar-refractivity contribution in [2.75, 3.05) is 6.61 Å². The number of carboxylic acid groups (broad SMARTS) is 1. The SMILES string of the molecule is CC1CCC(COc2cccc(F)c2C(=O)O)O1. The summed E-state index contributed by atoms with van der Waals surface area (Å²) in [6, 6.07) is 3.98. The lowest BCUT2D eigenvalue weighted by Crippen LogP contribution is -2.19. The van der Waals surface area contributed by atoms with Gasteiger partial charge in [0.15, 0.2) is 0 Å². The molecule has 2 rings (SSSR count). The Morgan fingerprint density at radius 3 is 2.94 bits per heavy atom. The molecular weight excluding hydrogens is 239 g/mol. The molecule has 18 heavy (non-hydrogen) atoms. The van der Waals surface area contributed by atoms with Crippen LogP contribution in [0.5, 0.6) is 5.75 Å². The second kappa shape index (κ2) is 5.35. The Hall–Kier alpha value is -1.62. The van der Waals surface area contributed by atoms with Crippen molar-refractivity contribution >= 4 is 5.97 Å². The third-order valence-corrected chi connectivity index (χ3v) is 2.93. The van der Waals surface area contributed by atoms with Gasteiger partial charge in [-0.3, -0.25) is 0 Å². The fraction of sp³-hybridized carbons (Fsp3) is 0.462. The van der Waals surface area contributed by atoms with Gasteiger partial charge in [-0.2, -0.15) is 0 Å². The average Bonchev–Trinajstić information content (AvgIpc) is 2.72. The fourth-order valence-electron chi connectivity index (χ4n) is 2.02. The van der Waals surface area contributed by atoms with Crippen molar-refractivity contribution in [3.63, 3.8) is 0 Å². The van der Waals surface area contributed by atoms with E-state index in [1.54, 1.807) is 0 Å². The number of benzene rings is 1. The first-order chi connectivity index (χ1) is 8.58. The molecule has 4 nitrogen and oxygen atoms in total. The minimum atomic E-state index is -1.33. The lowest BCUT2D eigenvalue weighted by molar-refractivity contribution is 0.0258. The largest absolute Gasteiger partial charge is 0.490 e. The average molecular weight is 254 g/mol. The van der Waals surface area contributed by atoms with Gasteiger partial charge in [-0.25, -0.2) is 9.18 Å². The maximum absolute atomic E-state index is 13.4. The molecule has 0 amide bonds. The molecule has 1 aliphatic heterocycles. The molecule has 2 atom stereocenters. The zero-order chi connectivity index (χ0) is 13.1. The highest BCUT2D eigenvalue weighted by Gasteiger charge is 2.23. The molecule has 0 aromatic heterocycles. The Kier molecular flexibility index (Phi) is 3.81. The highest BCUT2D eigenvalue weighted by molar-refractivity contribution is 5.91. The summed E-state index contributed by atoms with van der Waals surface area (Å²) in [6.45, 7) is 2.22. The summed E-state index contributed by atoms with van der Waals surface area (Å²) in [5.74, 6) is -2.07. The highest BCUT2D eigenvalue weighted by atomic mass is 19.1. The molecule has 1 fully saturated rings. The van der Waals surface area contributed by atoms with Crippen molar-refractivity contribution in [2.45, 2.75) is 32.0 Å². The molecule has 1 aromatic rings. The van der Waals surface area contributed by atoms with E-state index >= 15 is 0 Å². The lowest BCUT2D eigenvalue weighted by atomic mass is 10.2. The first kappa shape index (κ1) is 12.8. The summed E-state index contributed by atoms with van der Waals surface area (Å²) < 4.78 is 24.3. The molecule has 0 saturated carbocycles. The van der Waals surface area contributed by atoms with Crippen molar-refractivity contribution in [3.8, 4) is 5.75 Å². The third kappa shape index (κ3) is 2.79. The highest BCUT2D eigenvalue weighted by Crippen LogP contribution is 2.24. The van der Waals surface area contributed by atoms with Crippen molar-refractivity contribution in [3.05, 3.63) is 29.6 Å². The predicted molar refractivity (Wildman–Crippen MR) is 62.4 cm³/mol. The Balaban J connectivity index is 2.05. The molecule has 0 spiro atoms. The van der Waals surface area contributed by atoms with E-state index in [2.05, 4.69) is 0 Å². The van der Waals surface area contributed by atoms with E-state index < -0.39 is 17.3 Å². The van der Waals surface area contributed by atoms with Crippen LogP contribution in [0.4, 0.5) is 4.39 Å². The number of aromatic carboxylic acids is 1. The number of hydrogen-bond acceptors (Lipinski definition) is 3. The molecule has 1 heterocycles. The molecule has 98 valence electrons. The van der Waals surface area contributed by atoms with Crippen molar-refractivity contribution < 1.29 is 23.8 Å². The number of hydrogen-bond donors (Lipinski definition) is 1. The van der Waals surface area contributed by atoms with E-state index in [9.17, 15) is 9.18 Å². The van der Waals surface area contributed by atoms with E-state index in [-0.39, 0.29) is 24.6 Å². The first-order valence-corrected chi connectivity index (χ1v) is 5.88. The lowest BCUT2D eigenvalue weighted by Gasteiger charge is -2.14. The summed E-state index contributed by atoms with van der Waals surface area (Å²) in [7, 11) is 0. The van der Waals surface area contributed by atoms with Gasteiger partial charge in [-0.15, -0.1) is 0 Å². The van der Waals surface area contributed by atoms with E-state index in [1.807, 2.05) is 6.92 Å². The van der Waals surface area contributed by atoms with Crippen LogP contribution in [0.3, 0.4) is 0 Å². The van der Waals surface area contributed by atoms with Crippen LogP contribution in [-0.2, 0) is 4.74 Å². The van der Waals surface area contributed by atoms with Crippen LogP contribution in [-0.4, -0.2) is 29.9 Å². The van der Waals surface area contributed by atoms with Crippen molar-refractivity contribution in [2.24, 2.45) is 0 Å². The Labute approximate surface area is 104 Å². The second-order valence-electron chi connectivity index (χ2n) is 4.38. The molecule has 1 saturated heterocycles. The maximum Gasteiger partial charge on any atom is 0.342 e. The summed E-state index contributed by atoms with van der Waals surface area (Å²) in [4.78, 5) is 10.9. The van der Waals surface area contributed by atoms with Gasteiger partial charge in [0, 0.05) is 0 Å². The van der Waals surface area contributed by atoms with Crippen LogP contribution < -0.4 is 4.74 Å². The summed E-state index contributed by atoms with van der Waals surface area (Å²) in [5.41, 5.74) is -0.427. The number of halogens is 1. The van der Waals surface area contributed by atoms with Crippen LogP contribution in [0.2, 0.25) is 0 Å². The number of rotatable bonds is 4. The standard InChI is InChI=1S/C13H15FO4/c1-8-5-6-9(18-8)7-17-11-4-2-3-10(14)12(11)13(15)16/h2-4,8-9H,5-7H2,1H3,(H,15,16). The van der Waals surface area contributed by atoms with Gasteiger partial charge < -0.3 is 14.6 Å². The van der Waals surface area contributed by atoms with E-state index in [0.29, 0.717) is 0 Å². The zero-order valence-corrected chi connectivity index (χ0v) is 10.1. The number of ether oxygens (including phenoxy) is 2. The second-order valence-corrected chi connectivity index (χ2v) is 4.38. The zero-order valence-electron chi connectivity index (χ0n) is 10.1. The summed E-state index contributed by atoms with van der Waals surface area (Å²) >= 11 is 0. The Bertz CT molecular complexity index is 447. The maximum atomic E-state index is 13.4. The summed E-state index contributed by atoms with van der Waals surface area (Å²) in [6.07, 6.45) is 1.98. The van der Waals surface area contributed by atoms with Gasteiger partial charge in [-0.1, -0.05) is 6.07 Å². The summed E-state index contributed by atoms with van der Waals surface area (Å²) in [5, 5.41) is 8.93. The molecule has 0 radical (unpaired) electrons. The molecule has 2 unspecified atom stereocenters. The van der Waals surface area contributed by atoms with Crippen molar-refractivity contribution in [1.82, 2.24) is 0 Å². The van der Waals surface area contributed by atoms with Gasteiger partial charge in [-0.05, 0) is 31.9 Å². The monoisotopic (exact) mass is 254 g/mol. The van der Waals surface area contributed by atoms with Crippen LogP contribution >= 0.6 is 0 Å². The minimum Gasteiger partial charge on any atom is -0.490 e. The van der Waals surface area contributed by atoms with Crippen LogP contribution in [0.25, 0.3) is 0 Å². The smallest absolute Gasteiger partial charge is 0.342 e. The van der Waals surface area contributed by atoms with E-state index in [4.69, 9.17) is 14.6 Å². The molecule has 1 aromatic carbocycles.